The summed E-state index contributed by atoms with van der Waals surface area (Å²) >= 11 is 0. The van der Waals surface area contributed by atoms with Gasteiger partial charge in [0.05, 0.1) is 0 Å². The van der Waals surface area contributed by atoms with Crippen LogP contribution in [0.25, 0.3) is 0 Å². The number of hydrogen-bond donors (Lipinski definition) is 0. The Bertz CT molecular complexity index is 530. The molecule has 0 unspecified atom stereocenters. The maximum atomic E-state index is 2.57. The number of nitrogens with zero attached hydrogens (tertiary/aromatic N) is 1. The zero-order valence-electron chi connectivity index (χ0n) is 13.3. The SMILES string of the molecule is CC[Si](CC)(CC)c1ccc(C)n1Cc1ccccc1. The van der Waals surface area contributed by atoms with Crippen LogP contribution in [0.3, 0.4) is 0 Å². The first-order valence-corrected chi connectivity index (χ1v) is 10.5. The van der Waals surface area contributed by atoms with Gasteiger partial charge in [-0.1, -0.05) is 69.2 Å². The Balaban J connectivity index is 2.41. The monoisotopic (exact) mass is 285 g/mol. The number of benzene rings is 1. The fourth-order valence-corrected chi connectivity index (χ4v) is 7.15. The Hall–Kier alpha value is -1.28. The second-order valence-electron chi connectivity index (χ2n) is 5.77. The van der Waals surface area contributed by atoms with Gasteiger partial charge in [0.25, 0.3) is 0 Å². The van der Waals surface area contributed by atoms with Gasteiger partial charge in [0.2, 0.25) is 0 Å². The molecule has 0 N–H and O–H groups in total. The Morgan fingerprint density at radius 1 is 0.850 bits per heavy atom. The lowest BCUT2D eigenvalue weighted by molar-refractivity contribution is 0.791. The summed E-state index contributed by atoms with van der Waals surface area (Å²) in [6.07, 6.45) is 0. The third-order valence-corrected chi connectivity index (χ3v) is 10.5. The molecule has 0 atom stereocenters. The fourth-order valence-electron chi connectivity index (χ4n) is 3.30. The predicted octanol–water partition coefficient (Wildman–Crippen LogP) is 4.56. The molecule has 0 fully saturated rings. The van der Waals surface area contributed by atoms with Gasteiger partial charge in [0.15, 0.2) is 0 Å². The summed E-state index contributed by atoms with van der Waals surface area (Å²) < 4.78 is 2.57. The number of hydrogen-bond acceptors (Lipinski definition) is 0. The third kappa shape index (κ3) is 2.75. The van der Waals surface area contributed by atoms with Crippen LogP contribution in [0.2, 0.25) is 18.1 Å². The van der Waals surface area contributed by atoms with Crippen LogP contribution in [-0.4, -0.2) is 12.6 Å². The lowest BCUT2D eigenvalue weighted by Crippen LogP contribution is -2.49. The highest BCUT2D eigenvalue weighted by Gasteiger charge is 2.32. The van der Waals surface area contributed by atoms with Crippen molar-refractivity contribution in [3.8, 4) is 0 Å². The summed E-state index contributed by atoms with van der Waals surface area (Å²) in [5, 5.41) is 1.64. The van der Waals surface area contributed by atoms with Gasteiger partial charge in [-0.3, -0.25) is 0 Å². The molecule has 2 aromatic rings. The molecule has 1 aromatic heterocycles. The zero-order valence-corrected chi connectivity index (χ0v) is 14.3. The van der Waals surface area contributed by atoms with E-state index < -0.39 is 8.07 Å². The molecule has 0 saturated heterocycles. The maximum Gasteiger partial charge on any atom is 0.107 e. The first-order valence-electron chi connectivity index (χ1n) is 7.87. The molecule has 0 radical (unpaired) electrons. The van der Waals surface area contributed by atoms with Crippen molar-refractivity contribution in [3.63, 3.8) is 0 Å². The van der Waals surface area contributed by atoms with E-state index in [0.717, 1.165) is 6.54 Å². The van der Waals surface area contributed by atoms with Crippen molar-refractivity contribution in [2.75, 3.05) is 0 Å². The molecule has 0 aliphatic heterocycles. The van der Waals surface area contributed by atoms with Crippen LogP contribution in [0.1, 0.15) is 32.0 Å². The summed E-state index contributed by atoms with van der Waals surface area (Å²) in [4.78, 5) is 0. The van der Waals surface area contributed by atoms with Crippen molar-refractivity contribution >= 4 is 13.4 Å². The van der Waals surface area contributed by atoms with Gasteiger partial charge in [-0.05, 0) is 24.6 Å². The molecule has 0 bridgehead atoms. The molecule has 2 heteroatoms. The van der Waals surface area contributed by atoms with Crippen LogP contribution in [-0.2, 0) is 6.54 Å². The number of aryl methyl sites for hydroxylation is 1. The third-order valence-electron chi connectivity index (χ3n) is 4.96. The van der Waals surface area contributed by atoms with E-state index in [9.17, 15) is 0 Å². The molecule has 1 heterocycles. The molecule has 0 aliphatic rings. The topological polar surface area (TPSA) is 4.93 Å². The first kappa shape index (κ1) is 15.1. The van der Waals surface area contributed by atoms with E-state index in [1.54, 1.807) is 5.32 Å². The van der Waals surface area contributed by atoms with Gasteiger partial charge < -0.3 is 4.57 Å². The smallest absolute Gasteiger partial charge is 0.107 e. The molecule has 0 amide bonds. The van der Waals surface area contributed by atoms with E-state index in [-0.39, 0.29) is 0 Å². The minimum atomic E-state index is -1.31. The van der Waals surface area contributed by atoms with Crippen LogP contribution < -0.4 is 5.32 Å². The van der Waals surface area contributed by atoms with Crippen LogP contribution >= 0.6 is 0 Å². The molecule has 108 valence electrons. The van der Waals surface area contributed by atoms with Crippen LogP contribution in [0.5, 0.6) is 0 Å². The average molecular weight is 286 g/mol. The normalized spacial score (nSPS) is 11.8. The van der Waals surface area contributed by atoms with Crippen molar-refractivity contribution in [2.45, 2.75) is 52.4 Å². The molecule has 0 spiro atoms. The van der Waals surface area contributed by atoms with E-state index in [4.69, 9.17) is 0 Å². The second kappa shape index (κ2) is 6.44. The van der Waals surface area contributed by atoms with Crippen molar-refractivity contribution in [3.05, 3.63) is 53.7 Å². The van der Waals surface area contributed by atoms with E-state index in [1.165, 1.54) is 29.4 Å². The quantitative estimate of drug-likeness (QED) is 0.686. The lowest BCUT2D eigenvalue weighted by Gasteiger charge is -2.30. The largest absolute Gasteiger partial charge is 0.348 e. The lowest BCUT2D eigenvalue weighted by atomic mass is 10.2. The summed E-state index contributed by atoms with van der Waals surface area (Å²) in [7, 11) is -1.31. The molecular weight excluding hydrogens is 258 g/mol. The molecule has 0 aliphatic carbocycles. The van der Waals surface area contributed by atoms with Crippen molar-refractivity contribution in [1.29, 1.82) is 0 Å². The molecular formula is C18H27NSi. The highest BCUT2D eigenvalue weighted by atomic mass is 28.3. The molecule has 0 saturated carbocycles. The summed E-state index contributed by atoms with van der Waals surface area (Å²) in [5.41, 5.74) is 2.80. The molecule has 1 aromatic carbocycles. The molecule has 2 rings (SSSR count). The van der Waals surface area contributed by atoms with Crippen LogP contribution in [0.15, 0.2) is 42.5 Å². The van der Waals surface area contributed by atoms with Gasteiger partial charge in [0, 0.05) is 17.6 Å². The number of aromatic nitrogens is 1. The second-order valence-corrected chi connectivity index (χ2v) is 11.0. The summed E-state index contributed by atoms with van der Waals surface area (Å²) in [5.74, 6) is 0. The molecule has 1 nitrogen and oxygen atoms in total. The van der Waals surface area contributed by atoms with Crippen molar-refractivity contribution < 1.29 is 0 Å². The van der Waals surface area contributed by atoms with E-state index in [2.05, 4.69) is 74.7 Å². The minimum absolute atomic E-state index is 1.02. The van der Waals surface area contributed by atoms with Gasteiger partial charge in [0.1, 0.15) is 8.07 Å². The Morgan fingerprint density at radius 3 is 2.00 bits per heavy atom. The zero-order chi connectivity index (χ0) is 14.6. The predicted molar refractivity (Wildman–Crippen MR) is 91.5 cm³/mol. The summed E-state index contributed by atoms with van der Waals surface area (Å²) in [6.45, 7) is 10.4. The first-order chi connectivity index (χ1) is 9.66. The van der Waals surface area contributed by atoms with Crippen molar-refractivity contribution in [1.82, 2.24) is 4.57 Å². The standard InChI is InChI=1S/C18H27NSi/c1-5-20(6-2,7-3)18-14-13-16(4)19(18)15-17-11-9-8-10-12-17/h8-14H,5-7,15H2,1-4H3. The summed E-state index contributed by atoms with van der Waals surface area (Å²) in [6, 6.07) is 19.6. The highest BCUT2D eigenvalue weighted by Crippen LogP contribution is 2.22. The highest BCUT2D eigenvalue weighted by molar-refractivity contribution is 6.91. The van der Waals surface area contributed by atoms with Crippen molar-refractivity contribution in [2.24, 2.45) is 0 Å². The van der Waals surface area contributed by atoms with Gasteiger partial charge in [-0.2, -0.15) is 0 Å². The average Bonchev–Trinajstić information content (AvgIpc) is 2.85. The Morgan fingerprint density at radius 2 is 1.45 bits per heavy atom. The minimum Gasteiger partial charge on any atom is -0.348 e. The van der Waals surface area contributed by atoms with E-state index in [1.807, 2.05) is 0 Å². The van der Waals surface area contributed by atoms with Gasteiger partial charge in [-0.15, -0.1) is 0 Å². The van der Waals surface area contributed by atoms with Crippen LogP contribution in [0, 0.1) is 6.92 Å². The van der Waals surface area contributed by atoms with E-state index in [0.29, 0.717) is 0 Å². The Labute approximate surface area is 124 Å². The Kier molecular flexibility index (Phi) is 4.87. The molecule has 20 heavy (non-hydrogen) atoms. The van der Waals surface area contributed by atoms with E-state index >= 15 is 0 Å². The maximum absolute atomic E-state index is 2.57. The van der Waals surface area contributed by atoms with Crippen LogP contribution in [0.4, 0.5) is 0 Å². The number of rotatable bonds is 6. The fraction of sp³-hybridized carbons (Fsp3) is 0.444. The van der Waals surface area contributed by atoms with Gasteiger partial charge >= 0.3 is 0 Å². The van der Waals surface area contributed by atoms with Gasteiger partial charge in [-0.25, -0.2) is 0 Å².